The van der Waals surface area contributed by atoms with Gasteiger partial charge in [-0.2, -0.15) is 12.6 Å². The molecular formula is C9H19O4PS. The van der Waals surface area contributed by atoms with Crippen LogP contribution in [0, 0.1) is 0 Å². The zero-order valence-corrected chi connectivity index (χ0v) is 11.3. The van der Waals surface area contributed by atoms with E-state index in [0.29, 0.717) is 0 Å². The van der Waals surface area contributed by atoms with Gasteiger partial charge in [0.25, 0.3) is 0 Å². The van der Waals surface area contributed by atoms with Crippen molar-refractivity contribution in [2.24, 2.45) is 0 Å². The number of rotatable bonds is 7. The fraction of sp³-hybridized carbons (Fsp3) is 0.889. The van der Waals surface area contributed by atoms with Gasteiger partial charge in [0.05, 0.1) is 23.6 Å². The largest absolute Gasteiger partial charge is 0.481 e. The summed E-state index contributed by atoms with van der Waals surface area (Å²) in [6.07, 6.45) is -0.0227. The zero-order valence-electron chi connectivity index (χ0n) is 9.51. The average Bonchev–Trinajstić information content (AvgIpc) is 1.99. The maximum Gasteiger partial charge on any atom is 0.305 e. The lowest BCUT2D eigenvalue weighted by atomic mass is 10.5. The topological polar surface area (TPSA) is 55.8 Å². The zero-order chi connectivity index (χ0) is 12.0. The van der Waals surface area contributed by atoms with Gasteiger partial charge in [0, 0.05) is 0 Å². The van der Waals surface area contributed by atoms with Gasteiger partial charge >= 0.3 is 5.97 Å². The van der Waals surface area contributed by atoms with Crippen LogP contribution in [0.1, 0.15) is 34.1 Å². The molecule has 0 aliphatic rings. The van der Waals surface area contributed by atoms with Crippen molar-refractivity contribution in [2.75, 3.05) is 0 Å². The van der Waals surface area contributed by atoms with Gasteiger partial charge in [0.1, 0.15) is 0 Å². The molecule has 1 N–H and O–H groups in total. The molecule has 4 nitrogen and oxygen atoms in total. The summed E-state index contributed by atoms with van der Waals surface area (Å²) >= 11 is 4.21. The Kier molecular flexibility index (Phi) is 7.53. The lowest BCUT2D eigenvalue weighted by Crippen LogP contribution is -2.14. The average molecular weight is 254 g/mol. The molecule has 0 saturated carbocycles. The first-order chi connectivity index (χ1) is 6.82. The van der Waals surface area contributed by atoms with Crippen LogP contribution in [-0.4, -0.2) is 28.3 Å². The fourth-order valence-corrected chi connectivity index (χ4v) is 2.76. The van der Waals surface area contributed by atoms with E-state index in [1.54, 1.807) is 0 Å². The van der Waals surface area contributed by atoms with Gasteiger partial charge < -0.3 is 14.2 Å². The summed E-state index contributed by atoms with van der Waals surface area (Å²) in [6.45, 7) is 7.56. The van der Waals surface area contributed by atoms with Crippen molar-refractivity contribution >= 4 is 27.0 Å². The molecule has 0 bridgehead atoms. The molecule has 1 unspecified atom stereocenters. The van der Waals surface area contributed by atoms with Crippen LogP contribution in [-0.2, 0) is 13.8 Å². The van der Waals surface area contributed by atoms with Crippen molar-refractivity contribution in [1.82, 2.24) is 0 Å². The van der Waals surface area contributed by atoms with Crippen LogP contribution in [0.15, 0.2) is 0 Å². The first-order valence-corrected chi connectivity index (χ1v) is 6.61. The molecule has 0 amide bonds. The molecule has 0 radical (unpaired) electrons. The lowest BCUT2D eigenvalue weighted by Gasteiger charge is -2.25. The first kappa shape index (κ1) is 15.2. The number of carboxylic acid groups (broad SMARTS) is 1. The SMILES string of the molecule is CC(C)OP(OC(C)C)C(S)CC(=O)O. The molecule has 0 aromatic rings. The Balaban J connectivity index is 4.26. The van der Waals surface area contributed by atoms with E-state index in [2.05, 4.69) is 12.6 Å². The maximum atomic E-state index is 10.5. The minimum atomic E-state index is -1.25. The lowest BCUT2D eigenvalue weighted by molar-refractivity contribution is -0.136. The van der Waals surface area contributed by atoms with Crippen LogP contribution in [0.3, 0.4) is 0 Å². The molecule has 0 spiro atoms. The van der Waals surface area contributed by atoms with Gasteiger partial charge in [0.15, 0.2) is 8.38 Å². The summed E-state index contributed by atoms with van der Waals surface area (Å²) in [6, 6.07) is 0. The van der Waals surface area contributed by atoms with Crippen molar-refractivity contribution < 1.29 is 18.9 Å². The highest BCUT2D eigenvalue weighted by molar-refractivity contribution is 7.88. The Bertz CT molecular complexity index is 189. The van der Waals surface area contributed by atoms with Gasteiger partial charge in [-0.15, -0.1) is 0 Å². The molecule has 1 atom stereocenters. The summed E-state index contributed by atoms with van der Waals surface area (Å²) in [4.78, 5) is 10.1. The second kappa shape index (κ2) is 7.44. The van der Waals surface area contributed by atoms with Crippen LogP contribution in [0.25, 0.3) is 0 Å². The summed E-state index contributed by atoms with van der Waals surface area (Å²) in [5.41, 5.74) is 0. The predicted octanol–water partition coefficient (Wildman–Crippen LogP) is 2.88. The van der Waals surface area contributed by atoms with Crippen molar-refractivity contribution in [2.45, 2.75) is 51.3 Å². The minimum Gasteiger partial charge on any atom is -0.481 e. The molecule has 0 aromatic carbocycles. The summed E-state index contributed by atoms with van der Waals surface area (Å²) in [7, 11) is -1.25. The van der Waals surface area contributed by atoms with Gasteiger partial charge in [-0.25, -0.2) is 0 Å². The molecule has 0 fully saturated rings. The van der Waals surface area contributed by atoms with E-state index < -0.39 is 14.3 Å². The maximum absolute atomic E-state index is 10.5. The van der Waals surface area contributed by atoms with E-state index in [4.69, 9.17) is 14.2 Å². The third-order valence-corrected chi connectivity index (χ3v) is 3.91. The number of hydrogen-bond donors (Lipinski definition) is 2. The van der Waals surface area contributed by atoms with E-state index in [1.165, 1.54) is 0 Å². The van der Waals surface area contributed by atoms with E-state index in [9.17, 15) is 4.79 Å². The summed E-state index contributed by atoms with van der Waals surface area (Å²) in [5.74, 6) is -0.887. The Morgan fingerprint density at radius 3 is 1.93 bits per heavy atom. The fourth-order valence-electron chi connectivity index (χ4n) is 0.812. The van der Waals surface area contributed by atoms with Crippen molar-refractivity contribution in [1.29, 1.82) is 0 Å². The molecular weight excluding hydrogens is 235 g/mol. The Labute approximate surface area is 97.7 Å². The Hall–Kier alpha value is 0.170. The quantitative estimate of drug-likeness (QED) is 0.542. The normalized spacial score (nSPS) is 13.9. The minimum absolute atomic E-state index is 0.0123. The van der Waals surface area contributed by atoms with Crippen LogP contribution < -0.4 is 0 Å². The molecule has 15 heavy (non-hydrogen) atoms. The molecule has 0 aromatic heterocycles. The van der Waals surface area contributed by atoms with Crippen LogP contribution >= 0.6 is 21.0 Å². The second-order valence-corrected chi connectivity index (χ2v) is 6.32. The van der Waals surface area contributed by atoms with Crippen molar-refractivity contribution in [3.63, 3.8) is 0 Å². The molecule has 0 rings (SSSR count). The summed E-state index contributed by atoms with van der Waals surface area (Å²) < 4.78 is 11.1. The van der Waals surface area contributed by atoms with Gasteiger partial charge in [-0.1, -0.05) is 0 Å². The number of hydrogen-bond acceptors (Lipinski definition) is 4. The Morgan fingerprint density at radius 2 is 1.67 bits per heavy atom. The van der Waals surface area contributed by atoms with Gasteiger partial charge in [-0.05, 0) is 27.7 Å². The van der Waals surface area contributed by atoms with Gasteiger partial charge in [-0.3, -0.25) is 4.79 Å². The van der Waals surface area contributed by atoms with E-state index >= 15 is 0 Å². The van der Waals surface area contributed by atoms with Crippen molar-refractivity contribution in [3.05, 3.63) is 0 Å². The van der Waals surface area contributed by atoms with E-state index in [0.717, 1.165) is 0 Å². The highest BCUT2D eigenvalue weighted by Crippen LogP contribution is 2.49. The highest BCUT2D eigenvalue weighted by atomic mass is 32.1. The number of carboxylic acids is 1. The number of aliphatic carboxylic acids is 1. The van der Waals surface area contributed by atoms with E-state index in [-0.39, 0.29) is 23.6 Å². The summed E-state index contributed by atoms with van der Waals surface area (Å²) in [5, 5.41) is 8.65. The standard InChI is InChI=1S/C9H19O4PS/c1-6(2)12-14(13-7(3)4)9(15)5-8(10)11/h6-7,9,15H,5H2,1-4H3,(H,10,11). The highest BCUT2D eigenvalue weighted by Gasteiger charge is 2.25. The van der Waals surface area contributed by atoms with Crippen LogP contribution in [0.5, 0.6) is 0 Å². The number of carbonyl (C=O) groups is 1. The molecule has 0 aliphatic heterocycles. The predicted molar refractivity (Wildman–Crippen MR) is 64.4 cm³/mol. The third-order valence-electron chi connectivity index (χ3n) is 1.23. The van der Waals surface area contributed by atoms with Crippen LogP contribution in [0.4, 0.5) is 0 Å². The molecule has 0 aliphatic carbocycles. The molecule has 6 heteroatoms. The smallest absolute Gasteiger partial charge is 0.305 e. The second-order valence-electron chi connectivity index (χ2n) is 3.67. The molecule has 90 valence electrons. The van der Waals surface area contributed by atoms with Crippen LogP contribution in [0.2, 0.25) is 0 Å². The van der Waals surface area contributed by atoms with Gasteiger partial charge in [0.2, 0.25) is 0 Å². The number of thiol groups is 1. The molecule has 0 saturated heterocycles. The monoisotopic (exact) mass is 254 g/mol. The molecule has 0 heterocycles. The first-order valence-electron chi connectivity index (χ1n) is 4.85. The van der Waals surface area contributed by atoms with E-state index in [1.807, 2.05) is 27.7 Å². The van der Waals surface area contributed by atoms with Crippen molar-refractivity contribution in [3.8, 4) is 0 Å². The third kappa shape index (κ3) is 8.03. The Morgan fingerprint density at radius 1 is 1.27 bits per heavy atom.